The number of aromatic nitrogens is 2. The number of carboxylic acid groups (broad SMARTS) is 1. The second-order valence-electron chi connectivity index (χ2n) is 3.93. The second-order valence-corrected chi connectivity index (χ2v) is 3.93. The first kappa shape index (κ1) is 14.0. The van der Waals surface area contributed by atoms with E-state index in [2.05, 4.69) is 20.6 Å². The molecule has 0 saturated heterocycles. The molecular formula is C11H18N4O3. The highest BCUT2D eigenvalue weighted by Crippen LogP contribution is 1.98. The van der Waals surface area contributed by atoms with E-state index in [1.54, 1.807) is 0 Å². The maximum Gasteiger partial charge on any atom is 0.326 e. The van der Waals surface area contributed by atoms with Crippen LogP contribution in [0.5, 0.6) is 0 Å². The fraction of sp³-hybridized carbons (Fsp3) is 0.545. The lowest BCUT2D eigenvalue weighted by Crippen LogP contribution is -2.47. The summed E-state index contributed by atoms with van der Waals surface area (Å²) in [4.78, 5) is 29.1. The van der Waals surface area contributed by atoms with E-state index in [1.807, 2.05) is 6.92 Å². The van der Waals surface area contributed by atoms with E-state index in [-0.39, 0.29) is 6.42 Å². The van der Waals surface area contributed by atoms with Crippen LogP contribution >= 0.6 is 0 Å². The molecule has 0 fully saturated rings. The minimum absolute atomic E-state index is 0.177. The first-order chi connectivity index (χ1) is 8.63. The van der Waals surface area contributed by atoms with Crippen molar-refractivity contribution in [3.05, 3.63) is 18.2 Å². The van der Waals surface area contributed by atoms with Crippen LogP contribution in [0.2, 0.25) is 0 Å². The summed E-state index contributed by atoms with van der Waals surface area (Å²) in [6.45, 7) is 2.55. The topological polar surface area (TPSA) is 107 Å². The summed E-state index contributed by atoms with van der Waals surface area (Å²) in [7, 11) is 0. The number of hydrogen-bond donors (Lipinski definition) is 4. The molecular weight excluding hydrogens is 236 g/mol. The summed E-state index contributed by atoms with van der Waals surface area (Å²) in [5.41, 5.74) is 0.663. The van der Waals surface area contributed by atoms with Gasteiger partial charge in [-0.3, -0.25) is 0 Å². The molecule has 7 nitrogen and oxygen atoms in total. The quantitative estimate of drug-likeness (QED) is 0.531. The van der Waals surface area contributed by atoms with Crippen molar-refractivity contribution >= 4 is 12.0 Å². The van der Waals surface area contributed by atoms with E-state index in [9.17, 15) is 9.59 Å². The Labute approximate surface area is 105 Å². The van der Waals surface area contributed by atoms with Gasteiger partial charge in [-0.1, -0.05) is 13.3 Å². The molecule has 1 heterocycles. The smallest absolute Gasteiger partial charge is 0.326 e. The molecule has 0 aliphatic rings. The van der Waals surface area contributed by atoms with Crippen molar-refractivity contribution in [1.82, 2.24) is 20.6 Å². The van der Waals surface area contributed by atoms with Gasteiger partial charge in [0.2, 0.25) is 0 Å². The molecule has 4 N–H and O–H groups in total. The maximum absolute atomic E-state index is 11.4. The van der Waals surface area contributed by atoms with Gasteiger partial charge in [0.05, 0.1) is 6.33 Å². The number of amides is 2. The molecule has 0 bridgehead atoms. The number of imidazole rings is 1. The Bertz CT molecular complexity index is 378. The van der Waals surface area contributed by atoms with Crippen LogP contribution in [0.1, 0.15) is 25.5 Å². The van der Waals surface area contributed by atoms with Crippen molar-refractivity contribution in [2.24, 2.45) is 0 Å². The second kappa shape index (κ2) is 7.31. The Hall–Kier alpha value is -2.05. The van der Waals surface area contributed by atoms with E-state index >= 15 is 0 Å². The van der Waals surface area contributed by atoms with Gasteiger partial charge in [-0.25, -0.2) is 14.6 Å². The monoisotopic (exact) mass is 254 g/mol. The van der Waals surface area contributed by atoms with Crippen LogP contribution in [0.25, 0.3) is 0 Å². The molecule has 1 aromatic rings. The molecule has 0 aromatic carbocycles. The van der Waals surface area contributed by atoms with E-state index in [0.29, 0.717) is 12.2 Å². The molecule has 0 aliphatic heterocycles. The summed E-state index contributed by atoms with van der Waals surface area (Å²) in [5, 5.41) is 14.0. The molecule has 0 radical (unpaired) electrons. The minimum Gasteiger partial charge on any atom is -0.480 e. The van der Waals surface area contributed by atoms with Crippen LogP contribution in [-0.4, -0.2) is 39.7 Å². The third-order valence-corrected chi connectivity index (χ3v) is 2.40. The predicted octanol–water partition coefficient (Wildman–Crippen LogP) is 0.505. The number of aromatic amines is 1. The molecule has 1 rings (SSSR count). The van der Waals surface area contributed by atoms with Crippen molar-refractivity contribution in [3.8, 4) is 0 Å². The first-order valence-electron chi connectivity index (χ1n) is 5.88. The number of urea groups is 1. The average Bonchev–Trinajstić information content (AvgIpc) is 2.81. The summed E-state index contributed by atoms with van der Waals surface area (Å²) in [5.74, 6) is -1.07. The zero-order valence-electron chi connectivity index (χ0n) is 10.3. The Morgan fingerprint density at radius 2 is 2.33 bits per heavy atom. The van der Waals surface area contributed by atoms with Crippen LogP contribution in [0, 0.1) is 0 Å². The van der Waals surface area contributed by atoms with Crippen molar-refractivity contribution in [2.45, 2.75) is 32.2 Å². The SMILES string of the molecule is CCCCNC(=O)N[C@@H](Cc1cnc[nH]1)C(=O)O. The molecule has 1 aromatic heterocycles. The van der Waals surface area contributed by atoms with Gasteiger partial charge in [0, 0.05) is 24.9 Å². The number of hydrogen-bond acceptors (Lipinski definition) is 3. The van der Waals surface area contributed by atoms with Gasteiger partial charge in [0.15, 0.2) is 0 Å². The highest BCUT2D eigenvalue weighted by atomic mass is 16.4. The van der Waals surface area contributed by atoms with Crippen LogP contribution in [0.3, 0.4) is 0 Å². The van der Waals surface area contributed by atoms with E-state index < -0.39 is 18.0 Å². The molecule has 0 unspecified atom stereocenters. The van der Waals surface area contributed by atoms with Gasteiger partial charge in [-0.15, -0.1) is 0 Å². The summed E-state index contributed by atoms with van der Waals surface area (Å²) >= 11 is 0. The normalized spacial score (nSPS) is 11.8. The lowest BCUT2D eigenvalue weighted by atomic mass is 10.2. The van der Waals surface area contributed by atoms with Crippen LogP contribution in [0.15, 0.2) is 12.5 Å². The maximum atomic E-state index is 11.4. The number of carbonyl (C=O) groups excluding carboxylic acids is 1. The molecule has 0 aliphatic carbocycles. The molecule has 7 heteroatoms. The van der Waals surface area contributed by atoms with Crippen molar-refractivity contribution in [2.75, 3.05) is 6.54 Å². The molecule has 100 valence electrons. The number of nitrogens with one attached hydrogen (secondary N) is 3. The largest absolute Gasteiger partial charge is 0.480 e. The number of carboxylic acids is 1. The Morgan fingerprint density at radius 1 is 1.56 bits per heavy atom. The molecule has 18 heavy (non-hydrogen) atoms. The predicted molar refractivity (Wildman–Crippen MR) is 65.2 cm³/mol. The first-order valence-corrected chi connectivity index (χ1v) is 5.88. The highest BCUT2D eigenvalue weighted by Gasteiger charge is 2.20. The van der Waals surface area contributed by atoms with Gasteiger partial charge in [0.1, 0.15) is 6.04 Å². The molecule has 1 atom stereocenters. The van der Waals surface area contributed by atoms with E-state index in [0.717, 1.165) is 12.8 Å². The van der Waals surface area contributed by atoms with Crippen molar-refractivity contribution in [3.63, 3.8) is 0 Å². The molecule has 2 amide bonds. The van der Waals surface area contributed by atoms with Gasteiger partial charge in [-0.05, 0) is 6.42 Å². The average molecular weight is 254 g/mol. The molecule has 0 spiro atoms. The fourth-order valence-electron chi connectivity index (χ4n) is 1.40. The Kier molecular flexibility index (Phi) is 5.69. The van der Waals surface area contributed by atoms with Crippen LogP contribution in [-0.2, 0) is 11.2 Å². The zero-order chi connectivity index (χ0) is 13.4. The van der Waals surface area contributed by atoms with Gasteiger partial charge in [0.25, 0.3) is 0 Å². The standard InChI is InChI=1S/C11H18N4O3/c1-2-3-4-13-11(18)15-9(10(16)17)5-8-6-12-7-14-8/h6-7,9H,2-5H2,1H3,(H,12,14)(H,16,17)(H2,13,15,18)/t9-/m0/s1. The lowest BCUT2D eigenvalue weighted by molar-refractivity contribution is -0.139. The summed E-state index contributed by atoms with van der Waals surface area (Å²) in [6.07, 6.45) is 5.02. The van der Waals surface area contributed by atoms with Gasteiger partial charge < -0.3 is 20.7 Å². The van der Waals surface area contributed by atoms with Gasteiger partial charge in [-0.2, -0.15) is 0 Å². The third kappa shape index (κ3) is 4.86. The number of rotatable bonds is 7. The van der Waals surface area contributed by atoms with Crippen molar-refractivity contribution in [1.29, 1.82) is 0 Å². The van der Waals surface area contributed by atoms with Crippen LogP contribution < -0.4 is 10.6 Å². The summed E-state index contributed by atoms with van der Waals surface area (Å²) < 4.78 is 0. The lowest BCUT2D eigenvalue weighted by Gasteiger charge is -2.14. The third-order valence-electron chi connectivity index (χ3n) is 2.40. The van der Waals surface area contributed by atoms with E-state index in [1.165, 1.54) is 12.5 Å². The zero-order valence-corrected chi connectivity index (χ0v) is 10.3. The number of nitrogens with zero attached hydrogens (tertiary/aromatic N) is 1. The van der Waals surface area contributed by atoms with E-state index in [4.69, 9.17) is 5.11 Å². The number of H-pyrrole nitrogens is 1. The Balaban J connectivity index is 2.42. The number of carbonyl (C=O) groups is 2. The summed E-state index contributed by atoms with van der Waals surface area (Å²) in [6, 6.07) is -1.43. The number of aliphatic carboxylic acids is 1. The highest BCUT2D eigenvalue weighted by molar-refractivity contribution is 5.82. The van der Waals surface area contributed by atoms with Crippen LogP contribution in [0.4, 0.5) is 4.79 Å². The molecule has 0 saturated carbocycles. The van der Waals surface area contributed by atoms with Crippen molar-refractivity contribution < 1.29 is 14.7 Å². The minimum atomic E-state index is -1.07. The fourth-order valence-corrected chi connectivity index (χ4v) is 1.40. The Morgan fingerprint density at radius 3 is 2.89 bits per heavy atom. The number of unbranched alkanes of at least 4 members (excludes halogenated alkanes) is 1. The van der Waals surface area contributed by atoms with Gasteiger partial charge >= 0.3 is 12.0 Å².